The summed E-state index contributed by atoms with van der Waals surface area (Å²) in [7, 11) is 0. The smallest absolute Gasteiger partial charge is 0.255 e. The van der Waals surface area contributed by atoms with Crippen LogP contribution in [0.1, 0.15) is 31.8 Å². The monoisotopic (exact) mass is 504 g/mol. The van der Waals surface area contributed by atoms with E-state index in [0.717, 1.165) is 11.1 Å². The van der Waals surface area contributed by atoms with Gasteiger partial charge in [-0.3, -0.25) is 9.59 Å². The Morgan fingerprint density at radius 1 is 0.600 bits per heavy atom. The lowest BCUT2D eigenvalue weighted by molar-refractivity contribution is 0.101. The predicted octanol–water partition coefficient (Wildman–Crippen LogP) is 7.91. The molecule has 0 aliphatic heterocycles. The number of carbonyl (C=O) groups is 2. The van der Waals surface area contributed by atoms with Crippen LogP contribution < -0.4 is 15.4 Å². The summed E-state index contributed by atoms with van der Waals surface area (Å²) < 4.78 is 5.84. The number of rotatable bonds is 6. The van der Waals surface area contributed by atoms with Gasteiger partial charge in [-0.1, -0.05) is 35.3 Å². The van der Waals surface area contributed by atoms with E-state index in [4.69, 9.17) is 27.9 Å². The van der Waals surface area contributed by atoms with Gasteiger partial charge in [-0.15, -0.1) is 0 Å². The highest BCUT2D eigenvalue weighted by molar-refractivity contribution is 6.32. The van der Waals surface area contributed by atoms with Gasteiger partial charge >= 0.3 is 0 Å². The highest BCUT2D eigenvalue weighted by Crippen LogP contribution is 2.25. The maximum atomic E-state index is 12.5. The second kappa shape index (κ2) is 10.6. The second-order valence-electron chi connectivity index (χ2n) is 7.99. The standard InChI is InChI=1S/C28H22Cl2N2O3/c1-17-3-9-21(15-25(17)29)31-27(33)19-5-11-23(12-6-19)35-24-13-7-20(8-14-24)28(34)32-22-10-4-18(2)26(30)16-22/h3-16H,1-2H3,(H,31,33)(H,32,34). The van der Waals surface area contributed by atoms with Crippen molar-refractivity contribution in [3.63, 3.8) is 0 Å². The van der Waals surface area contributed by atoms with Gasteiger partial charge in [0.1, 0.15) is 11.5 Å². The Morgan fingerprint density at radius 2 is 0.971 bits per heavy atom. The molecule has 0 aliphatic rings. The maximum absolute atomic E-state index is 12.5. The number of benzene rings is 4. The molecule has 0 bridgehead atoms. The predicted molar refractivity (Wildman–Crippen MR) is 141 cm³/mol. The number of carbonyl (C=O) groups excluding carboxylic acids is 2. The summed E-state index contributed by atoms with van der Waals surface area (Å²) in [5.74, 6) is 0.626. The highest BCUT2D eigenvalue weighted by atomic mass is 35.5. The first kappa shape index (κ1) is 24.3. The van der Waals surface area contributed by atoms with E-state index in [1.54, 1.807) is 72.8 Å². The quantitative estimate of drug-likeness (QED) is 0.280. The Balaban J connectivity index is 1.36. The first-order chi connectivity index (χ1) is 16.8. The lowest BCUT2D eigenvalue weighted by Gasteiger charge is -2.10. The molecule has 2 amide bonds. The van der Waals surface area contributed by atoms with Gasteiger partial charge in [-0.05, 0) is 97.8 Å². The molecule has 0 spiro atoms. The summed E-state index contributed by atoms with van der Waals surface area (Å²) in [6.07, 6.45) is 0. The topological polar surface area (TPSA) is 67.4 Å². The average Bonchev–Trinajstić information content (AvgIpc) is 2.84. The molecule has 0 atom stereocenters. The molecule has 176 valence electrons. The van der Waals surface area contributed by atoms with Crippen LogP contribution in [-0.4, -0.2) is 11.8 Å². The van der Waals surface area contributed by atoms with Crippen LogP contribution in [0.2, 0.25) is 10.0 Å². The van der Waals surface area contributed by atoms with Crippen molar-refractivity contribution in [3.8, 4) is 11.5 Å². The Kier molecular flexibility index (Phi) is 7.39. The van der Waals surface area contributed by atoms with Gasteiger partial charge in [0, 0.05) is 32.5 Å². The molecule has 35 heavy (non-hydrogen) atoms. The molecule has 4 aromatic rings. The van der Waals surface area contributed by atoms with Crippen molar-refractivity contribution in [2.75, 3.05) is 10.6 Å². The highest BCUT2D eigenvalue weighted by Gasteiger charge is 2.10. The van der Waals surface area contributed by atoms with Crippen molar-refractivity contribution >= 4 is 46.4 Å². The van der Waals surface area contributed by atoms with Crippen LogP contribution in [0.3, 0.4) is 0 Å². The van der Waals surface area contributed by atoms with Crippen molar-refractivity contribution in [3.05, 3.63) is 117 Å². The van der Waals surface area contributed by atoms with Gasteiger partial charge in [0.2, 0.25) is 0 Å². The van der Waals surface area contributed by atoms with Gasteiger partial charge in [0.05, 0.1) is 0 Å². The first-order valence-electron chi connectivity index (χ1n) is 10.8. The van der Waals surface area contributed by atoms with Crippen LogP contribution in [-0.2, 0) is 0 Å². The third-order valence-electron chi connectivity index (χ3n) is 5.33. The van der Waals surface area contributed by atoms with Crippen LogP contribution in [0.25, 0.3) is 0 Å². The van der Waals surface area contributed by atoms with E-state index in [1.165, 1.54) is 0 Å². The third-order valence-corrected chi connectivity index (χ3v) is 6.14. The van der Waals surface area contributed by atoms with Crippen molar-refractivity contribution in [2.45, 2.75) is 13.8 Å². The Bertz CT molecular complexity index is 1280. The number of halogens is 2. The van der Waals surface area contributed by atoms with Crippen LogP contribution in [0.4, 0.5) is 11.4 Å². The number of hydrogen-bond donors (Lipinski definition) is 2. The van der Waals surface area contributed by atoms with E-state index in [9.17, 15) is 9.59 Å². The number of amides is 2. The molecule has 0 saturated carbocycles. The van der Waals surface area contributed by atoms with E-state index in [0.29, 0.717) is 44.0 Å². The molecule has 7 heteroatoms. The van der Waals surface area contributed by atoms with Gasteiger partial charge in [0.15, 0.2) is 0 Å². The van der Waals surface area contributed by atoms with Gasteiger partial charge in [0.25, 0.3) is 11.8 Å². The van der Waals surface area contributed by atoms with Crippen LogP contribution >= 0.6 is 23.2 Å². The number of hydrogen-bond acceptors (Lipinski definition) is 3. The fourth-order valence-electron chi connectivity index (χ4n) is 3.23. The molecule has 4 aromatic carbocycles. The summed E-state index contributed by atoms with van der Waals surface area (Å²) in [5, 5.41) is 6.84. The minimum atomic E-state index is -0.248. The zero-order valence-electron chi connectivity index (χ0n) is 19.1. The van der Waals surface area contributed by atoms with E-state index in [2.05, 4.69) is 10.6 Å². The summed E-state index contributed by atoms with van der Waals surface area (Å²) in [6.45, 7) is 3.80. The van der Waals surface area contributed by atoms with Gasteiger partial charge in [-0.2, -0.15) is 0 Å². The summed E-state index contributed by atoms with van der Waals surface area (Å²) in [5.41, 5.74) is 4.10. The van der Waals surface area contributed by atoms with Crippen LogP contribution in [0.5, 0.6) is 11.5 Å². The molecule has 4 rings (SSSR count). The third kappa shape index (κ3) is 6.21. The molecular formula is C28H22Cl2N2O3. The van der Waals surface area contributed by atoms with Crippen molar-refractivity contribution < 1.29 is 14.3 Å². The van der Waals surface area contributed by atoms with Crippen molar-refractivity contribution in [2.24, 2.45) is 0 Å². The molecule has 0 radical (unpaired) electrons. The molecular weight excluding hydrogens is 483 g/mol. The van der Waals surface area contributed by atoms with Crippen molar-refractivity contribution in [1.29, 1.82) is 0 Å². The number of anilines is 2. The molecule has 0 saturated heterocycles. The molecule has 2 N–H and O–H groups in total. The molecule has 0 aliphatic carbocycles. The zero-order valence-corrected chi connectivity index (χ0v) is 20.6. The normalized spacial score (nSPS) is 10.5. The number of ether oxygens (including phenoxy) is 1. The molecule has 0 unspecified atom stereocenters. The first-order valence-corrected chi connectivity index (χ1v) is 11.6. The molecule has 5 nitrogen and oxygen atoms in total. The van der Waals surface area contributed by atoms with E-state index in [1.807, 2.05) is 26.0 Å². The minimum absolute atomic E-state index is 0.248. The lowest BCUT2D eigenvalue weighted by atomic mass is 10.1. The molecule has 0 fully saturated rings. The Morgan fingerprint density at radius 3 is 1.31 bits per heavy atom. The maximum Gasteiger partial charge on any atom is 0.255 e. The lowest BCUT2D eigenvalue weighted by Crippen LogP contribution is -2.12. The fourth-order valence-corrected chi connectivity index (χ4v) is 3.59. The van der Waals surface area contributed by atoms with Gasteiger partial charge < -0.3 is 15.4 Å². The van der Waals surface area contributed by atoms with Crippen LogP contribution in [0, 0.1) is 13.8 Å². The molecule has 0 aromatic heterocycles. The average molecular weight is 505 g/mol. The number of nitrogens with one attached hydrogen (secondary N) is 2. The Hall–Kier alpha value is -3.80. The summed E-state index contributed by atoms with van der Waals surface area (Å²) in [6, 6.07) is 24.3. The Labute approximate surface area is 213 Å². The minimum Gasteiger partial charge on any atom is -0.457 e. The SMILES string of the molecule is Cc1ccc(NC(=O)c2ccc(Oc3ccc(C(=O)Nc4ccc(C)c(Cl)c4)cc3)cc2)cc1Cl. The second-order valence-corrected chi connectivity index (χ2v) is 8.80. The zero-order chi connectivity index (χ0) is 24.9. The van der Waals surface area contributed by atoms with E-state index in [-0.39, 0.29) is 11.8 Å². The van der Waals surface area contributed by atoms with Gasteiger partial charge in [-0.25, -0.2) is 0 Å². The largest absolute Gasteiger partial charge is 0.457 e. The molecule has 0 heterocycles. The van der Waals surface area contributed by atoms with E-state index < -0.39 is 0 Å². The number of aryl methyl sites for hydroxylation is 2. The summed E-state index contributed by atoms with van der Waals surface area (Å²) in [4.78, 5) is 25.0. The van der Waals surface area contributed by atoms with Crippen molar-refractivity contribution in [1.82, 2.24) is 0 Å². The van der Waals surface area contributed by atoms with E-state index >= 15 is 0 Å². The summed E-state index contributed by atoms with van der Waals surface area (Å²) >= 11 is 12.2. The van der Waals surface area contributed by atoms with Crippen LogP contribution in [0.15, 0.2) is 84.9 Å². The fraction of sp³-hybridized carbons (Fsp3) is 0.0714.